The highest BCUT2D eigenvalue weighted by molar-refractivity contribution is 9.11. The summed E-state index contributed by atoms with van der Waals surface area (Å²) in [6.07, 6.45) is 0. The van der Waals surface area contributed by atoms with E-state index >= 15 is 0 Å². The topological polar surface area (TPSA) is 68.0 Å². The van der Waals surface area contributed by atoms with Crippen LogP contribution in [0.1, 0.15) is 10.4 Å². The molecule has 1 N–H and O–H groups in total. The molecule has 3 aromatic rings. The Bertz CT molecular complexity index is 829. The minimum Gasteiger partial charge on any atom is -0.402 e. The molecule has 0 aliphatic carbocycles. The Morgan fingerprint density at radius 3 is 2.55 bits per heavy atom. The minimum absolute atomic E-state index is 0.194. The molecule has 0 spiro atoms. The first-order valence-electron chi connectivity index (χ1n) is 5.89. The van der Waals surface area contributed by atoms with Gasteiger partial charge in [0.25, 0.3) is 11.8 Å². The van der Waals surface area contributed by atoms with Crippen LogP contribution in [0.3, 0.4) is 0 Å². The summed E-state index contributed by atoms with van der Waals surface area (Å²) in [6.45, 7) is 0. The first-order valence-corrected chi connectivity index (χ1v) is 7.50. The third-order valence-corrected chi connectivity index (χ3v) is 4.23. The fourth-order valence-corrected chi connectivity index (χ4v) is 2.98. The fourth-order valence-electron chi connectivity index (χ4n) is 1.68. The quantitative estimate of drug-likeness (QED) is 0.736. The molecule has 0 radical (unpaired) electrons. The number of carbonyl (C=O) groups excluding carboxylic acids is 1. The average molecular weight is 386 g/mol. The normalized spacial score (nSPS) is 10.7. The maximum absolute atomic E-state index is 13.5. The van der Waals surface area contributed by atoms with E-state index in [1.165, 1.54) is 17.4 Å². The van der Waals surface area contributed by atoms with Gasteiger partial charge in [0.2, 0.25) is 0 Å². The van der Waals surface area contributed by atoms with Crippen LogP contribution >= 0.6 is 27.3 Å². The summed E-state index contributed by atoms with van der Waals surface area (Å²) < 4.78 is 33.1. The Morgan fingerprint density at radius 2 is 1.91 bits per heavy atom. The molecular formula is C13H6BrF2N3O2S. The molecular weight excluding hydrogens is 380 g/mol. The van der Waals surface area contributed by atoms with E-state index in [2.05, 4.69) is 31.4 Å². The number of nitrogens with zero attached hydrogens (tertiary/aromatic N) is 2. The van der Waals surface area contributed by atoms with E-state index in [4.69, 9.17) is 4.42 Å². The number of nitrogens with one attached hydrogen (secondary N) is 1. The van der Waals surface area contributed by atoms with Crippen molar-refractivity contribution in [1.29, 1.82) is 0 Å². The number of aromatic nitrogens is 2. The second kappa shape index (κ2) is 5.93. The highest BCUT2D eigenvalue weighted by atomic mass is 79.9. The van der Waals surface area contributed by atoms with Crippen LogP contribution in [-0.4, -0.2) is 16.1 Å². The second-order valence-electron chi connectivity index (χ2n) is 4.07. The molecule has 0 atom stereocenters. The van der Waals surface area contributed by atoms with Crippen LogP contribution in [0.25, 0.3) is 10.8 Å². The molecule has 3 rings (SSSR count). The van der Waals surface area contributed by atoms with Crippen molar-refractivity contribution in [1.82, 2.24) is 10.2 Å². The van der Waals surface area contributed by atoms with Gasteiger partial charge in [-0.05, 0) is 40.2 Å². The third kappa shape index (κ3) is 2.90. The summed E-state index contributed by atoms with van der Waals surface area (Å²) in [6, 6.07) is 6.45. The summed E-state index contributed by atoms with van der Waals surface area (Å²) >= 11 is 4.66. The molecule has 2 aromatic heterocycles. The molecule has 0 aliphatic rings. The van der Waals surface area contributed by atoms with E-state index < -0.39 is 23.1 Å². The van der Waals surface area contributed by atoms with Crippen molar-refractivity contribution in [2.24, 2.45) is 0 Å². The van der Waals surface area contributed by atoms with Gasteiger partial charge in [-0.25, -0.2) is 8.78 Å². The van der Waals surface area contributed by atoms with Crippen molar-refractivity contribution in [3.63, 3.8) is 0 Å². The van der Waals surface area contributed by atoms with E-state index in [0.717, 1.165) is 15.9 Å². The summed E-state index contributed by atoms with van der Waals surface area (Å²) in [5.41, 5.74) is -0.707. The van der Waals surface area contributed by atoms with Crippen LogP contribution in [0.4, 0.5) is 14.8 Å². The highest BCUT2D eigenvalue weighted by Crippen LogP contribution is 2.31. The van der Waals surface area contributed by atoms with Crippen LogP contribution < -0.4 is 5.32 Å². The van der Waals surface area contributed by atoms with E-state index in [9.17, 15) is 13.6 Å². The zero-order chi connectivity index (χ0) is 15.7. The SMILES string of the molecule is O=C(Nc1nnc(-c2ccc(Br)s2)o1)c1c(F)cccc1F. The lowest BCUT2D eigenvalue weighted by molar-refractivity contribution is 0.101. The van der Waals surface area contributed by atoms with Crippen molar-refractivity contribution in [2.45, 2.75) is 0 Å². The number of amides is 1. The summed E-state index contributed by atoms with van der Waals surface area (Å²) in [5.74, 6) is -2.75. The molecule has 5 nitrogen and oxygen atoms in total. The Labute approximate surface area is 135 Å². The molecule has 0 fully saturated rings. The molecule has 0 bridgehead atoms. The second-order valence-corrected chi connectivity index (χ2v) is 6.53. The zero-order valence-corrected chi connectivity index (χ0v) is 13.0. The molecule has 2 heterocycles. The van der Waals surface area contributed by atoms with E-state index in [0.29, 0.717) is 4.88 Å². The maximum Gasteiger partial charge on any atom is 0.322 e. The van der Waals surface area contributed by atoms with Gasteiger partial charge in [0.15, 0.2) is 0 Å². The van der Waals surface area contributed by atoms with E-state index in [-0.39, 0.29) is 11.9 Å². The van der Waals surface area contributed by atoms with E-state index in [1.807, 2.05) is 0 Å². The largest absolute Gasteiger partial charge is 0.402 e. The van der Waals surface area contributed by atoms with E-state index in [1.54, 1.807) is 12.1 Å². The van der Waals surface area contributed by atoms with Gasteiger partial charge in [-0.3, -0.25) is 10.1 Å². The molecule has 0 aliphatic heterocycles. The predicted molar refractivity (Wildman–Crippen MR) is 79.6 cm³/mol. The molecule has 0 saturated carbocycles. The number of benzene rings is 1. The minimum atomic E-state index is -1.00. The lowest BCUT2D eigenvalue weighted by Gasteiger charge is -2.03. The van der Waals surface area contributed by atoms with Gasteiger partial charge >= 0.3 is 6.01 Å². The van der Waals surface area contributed by atoms with Gasteiger partial charge in [-0.1, -0.05) is 11.2 Å². The average Bonchev–Trinajstić information content (AvgIpc) is 3.07. The fraction of sp³-hybridized carbons (Fsp3) is 0. The van der Waals surface area contributed by atoms with Gasteiger partial charge in [0, 0.05) is 0 Å². The Morgan fingerprint density at radius 1 is 1.18 bits per heavy atom. The molecule has 112 valence electrons. The Kier molecular flexibility index (Phi) is 3.99. The smallest absolute Gasteiger partial charge is 0.322 e. The number of anilines is 1. The third-order valence-electron chi connectivity index (χ3n) is 2.62. The monoisotopic (exact) mass is 385 g/mol. The number of hydrogen-bond donors (Lipinski definition) is 1. The Balaban J connectivity index is 1.82. The molecule has 1 amide bonds. The number of carbonyl (C=O) groups is 1. The van der Waals surface area contributed by atoms with Gasteiger partial charge in [0.1, 0.15) is 17.2 Å². The van der Waals surface area contributed by atoms with Crippen molar-refractivity contribution < 1.29 is 18.0 Å². The van der Waals surface area contributed by atoms with Gasteiger partial charge in [-0.15, -0.1) is 16.4 Å². The number of hydrogen-bond acceptors (Lipinski definition) is 5. The first kappa shape index (κ1) is 14.8. The van der Waals surface area contributed by atoms with Crippen molar-refractivity contribution in [3.05, 3.63) is 51.3 Å². The van der Waals surface area contributed by atoms with Gasteiger partial charge < -0.3 is 4.42 Å². The Hall–Kier alpha value is -2.13. The van der Waals surface area contributed by atoms with Crippen LogP contribution in [0, 0.1) is 11.6 Å². The summed E-state index contributed by atoms with van der Waals surface area (Å²) in [5, 5.41) is 9.56. The summed E-state index contributed by atoms with van der Waals surface area (Å²) in [7, 11) is 0. The maximum atomic E-state index is 13.5. The highest BCUT2D eigenvalue weighted by Gasteiger charge is 2.20. The molecule has 0 unspecified atom stereocenters. The van der Waals surface area contributed by atoms with Crippen molar-refractivity contribution in [3.8, 4) is 10.8 Å². The lowest BCUT2D eigenvalue weighted by atomic mass is 10.2. The van der Waals surface area contributed by atoms with Gasteiger partial charge in [-0.2, -0.15) is 0 Å². The molecule has 1 aromatic carbocycles. The van der Waals surface area contributed by atoms with Crippen LogP contribution in [0.15, 0.2) is 38.5 Å². The number of thiophene rings is 1. The number of halogens is 3. The number of rotatable bonds is 3. The van der Waals surface area contributed by atoms with Crippen LogP contribution in [-0.2, 0) is 0 Å². The van der Waals surface area contributed by atoms with Crippen molar-refractivity contribution >= 4 is 39.2 Å². The zero-order valence-electron chi connectivity index (χ0n) is 10.6. The lowest BCUT2D eigenvalue weighted by Crippen LogP contribution is -2.16. The standard InChI is InChI=1S/C13H6BrF2N3O2S/c14-9-5-4-8(22-9)12-18-19-13(21-12)17-11(20)10-6(15)2-1-3-7(10)16/h1-5H,(H,17,19,20). The summed E-state index contributed by atoms with van der Waals surface area (Å²) in [4.78, 5) is 12.6. The molecule has 9 heteroatoms. The van der Waals surface area contributed by atoms with Crippen LogP contribution in [0.2, 0.25) is 0 Å². The van der Waals surface area contributed by atoms with Crippen molar-refractivity contribution in [2.75, 3.05) is 5.32 Å². The van der Waals surface area contributed by atoms with Gasteiger partial charge in [0.05, 0.1) is 8.66 Å². The molecule has 0 saturated heterocycles. The van der Waals surface area contributed by atoms with Crippen LogP contribution in [0.5, 0.6) is 0 Å². The molecule has 22 heavy (non-hydrogen) atoms. The predicted octanol–water partition coefficient (Wildman–Crippen LogP) is 4.09. The first-order chi connectivity index (χ1) is 10.5.